The molecule has 0 aliphatic rings. The van der Waals surface area contributed by atoms with E-state index >= 15 is 0 Å². The number of hydrogen-bond acceptors (Lipinski definition) is 1. The van der Waals surface area contributed by atoms with Crippen molar-refractivity contribution < 1.29 is 14.3 Å². The van der Waals surface area contributed by atoms with Crippen molar-refractivity contribution in [3.8, 4) is 0 Å². The largest absolute Gasteiger partial charge is 0.478 e. The Bertz CT molecular complexity index is 413. The lowest BCUT2D eigenvalue weighted by atomic mass is 10.2. The van der Waals surface area contributed by atoms with E-state index in [1.807, 2.05) is 19.6 Å². The Morgan fingerprint density at radius 1 is 1.40 bits per heavy atom. The van der Waals surface area contributed by atoms with E-state index in [-0.39, 0.29) is 10.6 Å². The van der Waals surface area contributed by atoms with Crippen LogP contribution in [-0.4, -0.2) is 19.1 Å². The van der Waals surface area contributed by atoms with Crippen molar-refractivity contribution in [2.45, 2.75) is 19.6 Å². The monoisotopic (exact) mass is 246 g/mol. The molecule has 0 aromatic heterocycles. The Hall–Kier alpha value is -0.873. The van der Waals surface area contributed by atoms with Crippen LogP contribution in [0.1, 0.15) is 10.4 Å². The van der Waals surface area contributed by atoms with Gasteiger partial charge >= 0.3 is 5.97 Å². The molecule has 0 saturated heterocycles. The van der Waals surface area contributed by atoms with Crippen LogP contribution in [0.4, 0.5) is 4.39 Å². The topological polar surface area (TPSA) is 37.3 Å². The third-order valence-corrected chi connectivity index (χ3v) is 4.62. The summed E-state index contributed by atoms with van der Waals surface area (Å²) in [5, 5.41) is 9.41. The Labute approximate surface area is 93.7 Å². The van der Waals surface area contributed by atoms with Crippen molar-refractivity contribution in [2.24, 2.45) is 0 Å². The third-order valence-electron chi connectivity index (χ3n) is 2.08. The first-order chi connectivity index (χ1) is 6.75. The van der Waals surface area contributed by atoms with Gasteiger partial charge in [0.1, 0.15) is 5.82 Å². The second-order valence-corrected chi connectivity index (χ2v) is 9.72. The zero-order valence-electron chi connectivity index (χ0n) is 8.77. The highest BCUT2D eigenvalue weighted by molar-refractivity contribution is 6.90. The number of benzene rings is 1. The maximum atomic E-state index is 13.3. The molecule has 0 bridgehead atoms. The number of carboxylic acids is 1. The number of halogens is 2. The smallest absolute Gasteiger partial charge is 0.335 e. The molecule has 0 atom stereocenters. The predicted octanol–water partition coefficient (Wildman–Crippen LogP) is 2.72. The van der Waals surface area contributed by atoms with Gasteiger partial charge in [0.2, 0.25) is 0 Å². The van der Waals surface area contributed by atoms with E-state index in [4.69, 9.17) is 16.7 Å². The molecule has 1 aromatic carbocycles. The van der Waals surface area contributed by atoms with Gasteiger partial charge in [-0.3, -0.25) is 0 Å². The first-order valence-corrected chi connectivity index (χ1v) is 8.34. The molecule has 0 aliphatic carbocycles. The molecule has 0 fully saturated rings. The van der Waals surface area contributed by atoms with Gasteiger partial charge in [-0.25, -0.2) is 9.18 Å². The highest BCUT2D eigenvalue weighted by atomic mass is 35.5. The Morgan fingerprint density at radius 3 is 2.33 bits per heavy atom. The zero-order valence-corrected chi connectivity index (χ0v) is 10.5. The number of aromatic carboxylic acids is 1. The summed E-state index contributed by atoms with van der Waals surface area (Å²) in [5.41, 5.74) is 0.112. The molecular formula is C10H12ClFO2Si. The molecule has 0 amide bonds. The van der Waals surface area contributed by atoms with E-state index < -0.39 is 19.9 Å². The summed E-state index contributed by atoms with van der Waals surface area (Å²) in [6.45, 7) is 5.79. The van der Waals surface area contributed by atoms with Gasteiger partial charge in [0.15, 0.2) is 0 Å². The van der Waals surface area contributed by atoms with Gasteiger partial charge < -0.3 is 5.11 Å². The minimum atomic E-state index is -1.97. The van der Waals surface area contributed by atoms with Crippen molar-refractivity contribution in [3.63, 3.8) is 0 Å². The lowest BCUT2D eigenvalue weighted by Gasteiger charge is -2.21. The number of hydrogen-bond donors (Lipinski definition) is 1. The van der Waals surface area contributed by atoms with Crippen molar-refractivity contribution in [1.29, 1.82) is 0 Å². The van der Waals surface area contributed by atoms with Crippen LogP contribution in [0.3, 0.4) is 0 Å². The average molecular weight is 247 g/mol. The van der Waals surface area contributed by atoms with E-state index in [0.717, 1.165) is 6.07 Å². The van der Waals surface area contributed by atoms with Gasteiger partial charge in [0.25, 0.3) is 0 Å². The van der Waals surface area contributed by atoms with E-state index in [9.17, 15) is 9.18 Å². The summed E-state index contributed by atoms with van der Waals surface area (Å²) in [7, 11) is -1.97. The fourth-order valence-corrected chi connectivity index (χ4v) is 4.25. The summed E-state index contributed by atoms with van der Waals surface area (Å²) in [6.07, 6.45) is 0. The molecule has 0 aliphatic heterocycles. The van der Waals surface area contributed by atoms with Crippen LogP contribution in [0.25, 0.3) is 0 Å². The average Bonchev–Trinajstić information content (AvgIpc) is 2.06. The molecule has 0 unspecified atom stereocenters. The second-order valence-electron chi connectivity index (χ2n) is 4.34. The van der Waals surface area contributed by atoms with E-state index in [2.05, 4.69) is 0 Å². The van der Waals surface area contributed by atoms with Crippen LogP contribution in [0.15, 0.2) is 12.1 Å². The molecular weight excluding hydrogens is 235 g/mol. The van der Waals surface area contributed by atoms with Gasteiger partial charge in [0, 0.05) is 0 Å². The van der Waals surface area contributed by atoms with E-state index in [0.29, 0.717) is 5.19 Å². The molecule has 1 aromatic rings. The third kappa shape index (κ3) is 2.38. The van der Waals surface area contributed by atoms with Crippen LogP contribution in [0.5, 0.6) is 0 Å². The fraction of sp³-hybridized carbons (Fsp3) is 0.300. The van der Waals surface area contributed by atoms with Gasteiger partial charge in [-0.2, -0.15) is 0 Å². The maximum Gasteiger partial charge on any atom is 0.335 e. The SMILES string of the molecule is C[Si](C)(C)c1c(C(=O)O)ccc(F)c1Cl. The summed E-state index contributed by atoms with van der Waals surface area (Å²) < 4.78 is 13.3. The van der Waals surface area contributed by atoms with Gasteiger partial charge in [-0.15, -0.1) is 0 Å². The lowest BCUT2D eigenvalue weighted by Crippen LogP contribution is -2.42. The first-order valence-electron chi connectivity index (χ1n) is 4.47. The van der Waals surface area contributed by atoms with E-state index in [1.54, 1.807) is 0 Å². The molecule has 2 nitrogen and oxygen atoms in total. The first kappa shape index (κ1) is 12.2. The number of carboxylic acid groups (broad SMARTS) is 1. The molecule has 5 heteroatoms. The highest BCUT2D eigenvalue weighted by Gasteiger charge is 2.27. The fourth-order valence-electron chi connectivity index (χ4n) is 1.46. The standard InChI is InChI=1S/C10H12ClFO2Si/c1-15(2,3)9-6(10(13)14)4-5-7(12)8(9)11/h4-5H,1-3H3,(H,13,14). The van der Waals surface area contributed by atoms with Crippen molar-refractivity contribution >= 4 is 30.8 Å². The molecule has 1 N–H and O–H groups in total. The Morgan fingerprint density at radius 2 is 1.93 bits per heavy atom. The van der Waals surface area contributed by atoms with E-state index in [1.165, 1.54) is 6.07 Å². The van der Waals surface area contributed by atoms with Crippen LogP contribution < -0.4 is 5.19 Å². The maximum absolute atomic E-state index is 13.3. The van der Waals surface area contributed by atoms with Gasteiger partial charge in [0.05, 0.1) is 18.7 Å². The van der Waals surface area contributed by atoms with Crippen molar-refractivity contribution in [1.82, 2.24) is 0 Å². The van der Waals surface area contributed by atoms with Crippen LogP contribution in [-0.2, 0) is 0 Å². The molecule has 0 radical (unpaired) electrons. The number of carbonyl (C=O) groups is 1. The minimum Gasteiger partial charge on any atom is -0.478 e. The van der Waals surface area contributed by atoms with Crippen molar-refractivity contribution in [2.75, 3.05) is 0 Å². The second kappa shape index (κ2) is 3.94. The Balaban J connectivity index is 3.57. The summed E-state index contributed by atoms with van der Waals surface area (Å²) in [5.74, 6) is -1.62. The minimum absolute atomic E-state index is 0.0472. The van der Waals surface area contributed by atoms with Crippen LogP contribution in [0.2, 0.25) is 24.7 Å². The molecule has 0 heterocycles. The molecule has 0 saturated carbocycles. The molecule has 82 valence electrons. The lowest BCUT2D eigenvalue weighted by molar-refractivity contribution is 0.0698. The highest BCUT2D eigenvalue weighted by Crippen LogP contribution is 2.19. The van der Waals surface area contributed by atoms with Gasteiger partial charge in [-0.1, -0.05) is 31.2 Å². The summed E-state index contributed by atoms with van der Waals surface area (Å²) in [6, 6.07) is 2.37. The Kier molecular flexibility index (Phi) is 3.21. The van der Waals surface area contributed by atoms with Crippen LogP contribution in [0, 0.1) is 5.82 Å². The molecule has 1 rings (SSSR count). The summed E-state index contributed by atoms with van der Waals surface area (Å²) in [4.78, 5) is 11.0. The number of rotatable bonds is 2. The normalized spacial score (nSPS) is 11.5. The van der Waals surface area contributed by atoms with Crippen LogP contribution >= 0.6 is 11.6 Å². The molecule has 0 spiro atoms. The predicted molar refractivity (Wildman–Crippen MR) is 61.3 cm³/mol. The zero-order chi connectivity index (χ0) is 11.8. The summed E-state index contributed by atoms with van der Waals surface area (Å²) >= 11 is 5.82. The quantitative estimate of drug-likeness (QED) is 0.815. The van der Waals surface area contributed by atoms with Gasteiger partial charge in [-0.05, 0) is 17.3 Å². The van der Waals surface area contributed by atoms with Crippen molar-refractivity contribution in [3.05, 3.63) is 28.5 Å². The molecule has 15 heavy (non-hydrogen) atoms.